The Morgan fingerprint density at radius 1 is 1.16 bits per heavy atom. The molecule has 0 fully saturated rings. The molecule has 0 saturated heterocycles. The number of halogens is 1. The van der Waals surface area contributed by atoms with E-state index in [1.807, 2.05) is 19.1 Å². The van der Waals surface area contributed by atoms with E-state index in [-0.39, 0.29) is 17.8 Å². The minimum atomic E-state index is -0.898. The Bertz CT molecular complexity index is 1730. The zero-order valence-electron chi connectivity index (χ0n) is 20.8. The molecule has 9 nitrogen and oxygen atoms in total. The monoisotopic (exact) mass is 514 g/mol. The third kappa shape index (κ3) is 4.47. The van der Waals surface area contributed by atoms with Gasteiger partial charge in [-0.15, -0.1) is 0 Å². The summed E-state index contributed by atoms with van der Waals surface area (Å²) in [6, 6.07) is 13.8. The van der Waals surface area contributed by atoms with Crippen LogP contribution in [0.15, 0.2) is 70.1 Å². The van der Waals surface area contributed by atoms with E-state index >= 15 is 0 Å². The molecule has 3 aromatic heterocycles. The second-order valence-electron chi connectivity index (χ2n) is 8.70. The van der Waals surface area contributed by atoms with Gasteiger partial charge in [-0.3, -0.25) is 14.6 Å². The fourth-order valence-corrected chi connectivity index (χ4v) is 4.40. The number of methoxy groups -OCH3 is 1. The maximum atomic E-state index is 13.8. The minimum Gasteiger partial charge on any atom is -0.505 e. The maximum absolute atomic E-state index is 13.8. The number of phenols is 1. The van der Waals surface area contributed by atoms with Crippen LogP contribution in [0.5, 0.6) is 11.5 Å². The Morgan fingerprint density at radius 2 is 1.97 bits per heavy atom. The molecule has 1 amide bonds. The standard InChI is InChI=1S/C28H23FN4O5/c1-15-26(16(2)38-32-15)20-10-17-11-21(27(35)31-18-7-8-24(34)22(29)12-18)28(36)33(23(17)13-25(20)37-3)14-19-6-4-5-9-30-19/h4-13,34H,14H2,1-3H3,(H,31,35). The summed E-state index contributed by atoms with van der Waals surface area (Å²) < 4.78 is 26.3. The van der Waals surface area contributed by atoms with Crippen molar-refractivity contribution in [2.45, 2.75) is 20.4 Å². The highest BCUT2D eigenvalue weighted by Crippen LogP contribution is 2.37. The van der Waals surface area contributed by atoms with Crippen LogP contribution >= 0.6 is 0 Å². The van der Waals surface area contributed by atoms with Crippen molar-refractivity contribution < 1.29 is 23.6 Å². The van der Waals surface area contributed by atoms with E-state index in [0.717, 1.165) is 17.7 Å². The summed E-state index contributed by atoms with van der Waals surface area (Å²) in [4.78, 5) is 31.2. The zero-order chi connectivity index (χ0) is 27.0. The number of carbonyl (C=O) groups excluding carboxylic acids is 1. The highest BCUT2D eigenvalue weighted by molar-refractivity contribution is 6.06. The summed E-state index contributed by atoms with van der Waals surface area (Å²) in [6.45, 7) is 3.70. The number of ether oxygens (including phenoxy) is 1. The fourth-order valence-electron chi connectivity index (χ4n) is 4.40. The first kappa shape index (κ1) is 24.7. The van der Waals surface area contributed by atoms with E-state index in [0.29, 0.717) is 39.4 Å². The second kappa shape index (κ2) is 9.81. The van der Waals surface area contributed by atoms with E-state index in [1.54, 1.807) is 31.3 Å². The molecule has 2 aromatic carbocycles. The van der Waals surface area contributed by atoms with Crippen LogP contribution in [0.3, 0.4) is 0 Å². The first-order valence-corrected chi connectivity index (χ1v) is 11.7. The topological polar surface area (TPSA) is 119 Å². The van der Waals surface area contributed by atoms with E-state index in [9.17, 15) is 19.1 Å². The zero-order valence-corrected chi connectivity index (χ0v) is 20.8. The molecule has 10 heteroatoms. The lowest BCUT2D eigenvalue weighted by Crippen LogP contribution is -2.30. The molecule has 0 aliphatic heterocycles. The van der Waals surface area contributed by atoms with Gasteiger partial charge >= 0.3 is 0 Å². The Balaban J connectivity index is 1.72. The van der Waals surface area contributed by atoms with Crippen molar-refractivity contribution >= 4 is 22.5 Å². The highest BCUT2D eigenvalue weighted by Gasteiger charge is 2.22. The van der Waals surface area contributed by atoms with Gasteiger partial charge in [0, 0.05) is 35.0 Å². The second-order valence-corrected chi connectivity index (χ2v) is 8.70. The van der Waals surface area contributed by atoms with Crippen molar-refractivity contribution in [3.63, 3.8) is 0 Å². The van der Waals surface area contributed by atoms with Crippen molar-refractivity contribution in [2.24, 2.45) is 0 Å². The predicted octanol–water partition coefficient (Wildman–Crippen LogP) is 4.82. The number of benzene rings is 2. The Labute approximate surface area is 216 Å². The number of hydrogen-bond donors (Lipinski definition) is 2. The number of phenolic OH excluding ortho intramolecular Hbond substituents is 1. The van der Waals surface area contributed by atoms with Gasteiger partial charge in [0.1, 0.15) is 17.1 Å². The molecule has 0 bridgehead atoms. The maximum Gasteiger partial charge on any atom is 0.264 e. The number of anilines is 1. The number of carbonyl (C=O) groups is 1. The Morgan fingerprint density at radius 3 is 2.63 bits per heavy atom. The van der Waals surface area contributed by atoms with Gasteiger partial charge in [0.05, 0.1) is 36.1 Å². The van der Waals surface area contributed by atoms with Crippen molar-refractivity contribution in [2.75, 3.05) is 12.4 Å². The molecular formula is C28H23FN4O5. The van der Waals surface area contributed by atoms with Crippen molar-refractivity contribution in [1.29, 1.82) is 0 Å². The molecule has 0 radical (unpaired) electrons. The molecule has 5 rings (SSSR count). The van der Waals surface area contributed by atoms with Crippen LogP contribution in [0.1, 0.15) is 27.5 Å². The average molecular weight is 515 g/mol. The van der Waals surface area contributed by atoms with Gasteiger partial charge in [0.15, 0.2) is 11.6 Å². The summed E-state index contributed by atoms with van der Waals surface area (Å²) in [6.07, 6.45) is 1.62. The average Bonchev–Trinajstić information content (AvgIpc) is 3.24. The first-order valence-electron chi connectivity index (χ1n) is 11.7. The van der Waals surface area contributed by atoms with Crippen LogP contribution in [0.25, 0.3) is 22.0 Å². The summed E-state index contributed by atoms with van der Waals surface area (Å²) >= 11 is 0. The molecule has 5 aromatic rings. The van der Waals surface area contributed by atoms with Crippen molar-refractivity contribution in [3.05, 3.63) is 99.7 Å². The lowest BCUT2D eigenvalue weighted by Gasteiger charge is -2.16. The molecule has 0 atom stereocenters. The van der Waals surface area contributed by atoms with E-state index in [1.165, 1.54) is 23.8 Å². The molecule has 0 unspecified atom stereocenters. The number of aromatic hydroxyl groups is 1. The van der Waals surface area contributed by atoms with Crippen LogP contribution in [0.4, 0.5) is 10.1 Å². The van der Waals surface area contributed by atoms with Gasteiger partial charge in [0.25, 0.3) is 11.5 Å². The van der Waals surface area contributed by atoms with Crippen LogP contribution in [-0.2, 0) is 6.54 Å². The number of pyridine rings is 2. The molecule has 192 valence electrons. The van der Waals surface area contributed by atoms with Gasteiger partial charge in [-0.05, 0) is 50.2 Å². The fraction of sp³-hybridized carbons (Fsp3) is 0.143. The Hall–Kier alpha value is -4.99. The summed E-state index contributed by atoms with van der Waals surface area (Å²) in [5.41, 5.74) is 2.61. The number of hydrogen-bond acceptors (Lipinski definition) is 7. The van der Waals surface area contributed by atoms with Gasteiger partial charge in [-0.25, -0.2) is 4.39 Å². The van der Waals surface area contributed by atoms with E-state index in [2.05, 4.69) is 15.5 Å². The lowest BCUT2D eigenvalue weighted by molar-refractivity contribution is 0.102. The third-order valence-electron chi connectivity index (χ3n) is 6.21. The normalized spacial score (nSPS) is 11.1. The van der Waals surface area contributed by atoms with E-state index in [4.69, 9.17) is 9.26 Å². The molecule has 0 aliphatic rings. The Kier molecular flexibility index (Phi) is 6.38. The van der Waals surface area contributed by atoms with Crippen molar-refractivity contribution in [1.82, 2.24) is 14.7 Å². The number of rotatable bonds is 6. The number of nitrogens with zero attached hydrogens (tertiary/aromatic N) is 3. The SMILES string of the molecule is COc1cc2c(cc1-c1c(C)noc1C)cc(C(=O)Nc1ccc(O)c(F)c1)c(=O)n2Cc1ccccn1. The molecule has 0 aliphatic carbocycles. The lowest BCUT2D eigenvalue weighted by atomic mass is 9.99. The van der Waals surface area contributed by atoms with Crippen LogP contribution < -0.4 is 15.6 Å². The van der Waals surface area contributed by atoms with Crippen LogP contribution in [0, 0.1) is 19.7 Å². The minimum absolute atomic E-state index is 0.0900. The predicted molar refractivity (Wildman–Crippen MR) is 139 cm³/mol. The number of fused-ring (bicyclic) bond motifs is 1. The number of aromatic nitrogens is 3. The number of nitrogens with one attached hydrogen (secondary N) is 1. The molecule has 0 saturated carbocycles. The molecule has 3 heterocycles. The largest absolute Gasteiger partial charge is 0.505 e. The summed E-state index contributed by atoms with van der Waals surface area (Å²) in [5.74, 6) is -1.09. The number of amides is 1. The quantitative estimate of drug-likeness (QED) is 0.312. The van der Waals surface area contributed by atoms with E-state index < -0.39 is 23.0 Å². The molecular weight excluding hydrogens is 491 g/mol. The summed E-state index contributed by atoms with van der Waals surface area (Å²) in [7, 11) is 1.53. The van der Waals surface area contributed by atoms with Crippen LogP contribution in [-0.4, -0.2) is 32.8 Å². The highest BCUT2D eigenvalue weighted by atomic mass is 19.1. The number of aryl methyl sites for hydroxylation is 2. The van der Waals surface area contributed by atoms with Gasteiger partial charge in [0.2, 0.25) is 0 Å². The van der Waals surface area contributed by atoms with Gasteiger partial charge < -0.3 is 24.3 Å². The molecule has 38 heavy (non-hydrogen) atoms. The van der Waals surface area contributed by atoms with Gasteiger partial charge in [-0.2, -0.15) is 0 Å². The smallest absolute Gasteiger partial charge is 0.264 e. The van der Waals surface area contributed by atoms with Crippen LogP contribution in [0.2, 0.25) is 0 Å². The summed E-state index contributed by atoms with van der Waals surface area (Å²) in [5, 5.41) is 16.6. The first-order chi connectivity index (χ1) is 18.3. The van der Waals surface area contributed by atoms with Crippen molar-refractivity contribution in [3.8, 4) is 22.6 Å². The van der Waals surface area contributed by atoms with Gasteiger partial charge in [-0.1, -0.05) is 11.2 Å². The third-order valence-corrected chi connectivity index (χ3v) is 6.21. The molecule has 2 N–H and O–H groups in total. The molecule has 0 spiro atoms.